The van der Waals surface area contributed by atoms with Crippen molar-refractivity contribution in [2.45, 2.75) is 18.9 Å². The molecule has 2 rings (SSSR count). The van der Waals surface area contributed by atoms with Crippen LogP contribution in [0.2, 0.25) is 0 Å². The van der Waals surface area contributed by atoms with Crippen LogP contribution in [0.15, 0.2) is 16.7 Å². The molecule has 102 valence electrons. The van der Waals surface area contributed by atoms with Gasteiger partial charge in [-0.3, -0.25) is 9.59 Å². The molecule has 0 radical (unpaired) electrons. The zero-order chi connectivity index (χ0) is 13.8. The molecule has 1 saturated carbocycles. The van der Waals surface area contributed by atoms with Crippen molar-refractivity contribution >= 4 is 33.6 Å². The van der Waals surface area contributed by atoms with Crippen LogP contribution in [0.4, 0.5) is 5.82 Å². The van der Waals surface area contributed by atoms with Crippen LogP contribution in [0.5, 0.6) is 0 Å². The number of nitrogens with one attached hydrogen (secondary N) is 3. The van der Waals surface area contributed by atoms with E-state index in [1.807, 2.05) is 0 Å². The lowest BCUT2D eigenvalue weighted by atomic mass is 10.2. The molecule has 1 fully saturated rings. The Balaban J connectivity index is 1.94. The van der Waals surface area contributed by atoms with Crippen molar-refractivity contribution in [1.29, 1.82) is 0 Å². The second-order valence-corrected chi connectivity index (χ2v) is 5.13. The van der Waals surface area contributed by atoms with Crippen molar-refractivity contribution in [3.05, 3.63) is 22.3 Å². The number of rotatable bonds is 5. The Morgan fingerprint density at radius 3 is 2.84 bits per heavy atom. The Morgan fingerprint density at radius 2 is 2.21 bits per heavy atom. The normalized spacial score (nSPS) is 13.8. The predicted molar refractivity (Wildman–Crippen MR) is 73.2 cm³/mol. The van der Waals surface area contributed by atoms with Crippen LogP contribution in [-0.4, -0.2) is 29.4 Å². The number of halogens is 1. The van der Waals surface area contributed by atoms with Crippen LogP contribution in [0, 0.1) is 0 Å². The molecule has 1 aromatic rings. The molecule has 7 nitrogen and oxygen atoms in total. The predicted octanol–water partition coefficient (Wildman–Crippen LogP) is 0.138. The first-order valence-corrected chi connectivity index (χ1v) is 6.59. The number of amides is 2. The average Bonchev–Trinajstić information content (AvgIpc) is 3.19. The lowest BCUT2D eigenvalue weighted by Crippen LogP contribution is -2.38. The number of hydrogen-bond acceptors (Lipinski definition) is 5. The summed E-state index contributed by atoms with van der Waals surface area (Å²) >= 11 is 3.22. The highest BCUT2D eigenvalue weighted by molar-refractivity contribution is 9.10. The van der Waals surface area contributed by atoms with Gasteiger partial charge in [0, 0.05) is 16.7 Å². The summed E-state index contributed by atoms with van der Waals surface area (Å²) in [5.74, 6) is 4.93. The quantitative estimate of drug-likeness (QED) is 0.454. The molecule has 19 heavy (non-hydrogen) atoms. The van der Waals surface area contributed by atoms with Crippen molar-refractivity contribution in [1.82, 2.24) is 15.6 Å². The van der Waals surface area contributed by atoms with Crippen LogP contribution in [0.1, 0.15) is 23.2 Å². The molecule has 0 bridgehead atoms. The second kappa shape index (κ2) is 5.98. The van der Waals surface area contributed by atoms with E-state index < -0.39 is 5.91 Å². The van der Waals surface area contributed by atoms with E-state index in [0.717, 1.165) is 12.8 Å². The number of carbonyl (C=O) groups excluding carboxylic acids is 2. The number of nitrogens with two attached hydrogens (primary N) is 1. The largest absolute Gasteiger partial charge is 0.352 e. The highest BCUT2D eigenvalue weighted by atomic mass is 79.9. The fraction of sp³-hybridized carbons (Fsp3) is 0.364. The molecular formula is C11H14BrN5O2. The van der Waals surface area contributed by atoms with Crippen molar-refractivity contribution in [2.24, 2.45) is 5.84 Å². The summed E-state index contributed by atoms with van der Waals surface area (Å²) in [4.78, 5) is 27.4. The van der Waals surface area contributed by atoms with E-state index in [2.05, 4.69) is 37.0 Å². The maximum atomic E-state index is 11.9. The molecule has 0 unspecified atom stereocenters. The van der Waals surface area contributed by atoms with Gasteiger partial charge in [0.1, 0.15) is 0 Å². The molecule has 1 aliphatic rings. The minimum absolute atomic E-state index is 0.0636. The van der Waals surface area contributed by atoms with Crippen LogP contribution >= 0.6 is 15.9 Å². The van der Waals surface area contributed by atoms with Gasteiger partial charge in [0.05, 0.1) is 12.1 Å². The molecule has 0 spiro atoms. The first kappa shape index (κ1) is 13.8. The number of nitrogen functional groups attached to an aromatic ring is 1. The summed E-state index contributed by atoms with van der Waals surface area (Å²) in [5.41, 5.74) is 2.61. The van der Waals surface area contributed by atoms with Gasteiger partial charge in [-0.2, -0.15) is 0 Å². The van der Waals surface area contributed by atoms with Gasteiger partial charge in [0.2, 0.25) is 5.91 Å². The number of anilines is 1. The van der Waals surface area contributed by atoms with E-state index in [-0.39, 0.29) is 29.9 Å². The number of carbonyl (C=O) groups is 2. The van der Waals surface area contributed by atoms with E-state index in [1.54, 1.807) is 6.07 Å². The van der Waals surface area contributed by atoms with Crippen molar-refractivity contribution in [3.8, 4) is 0 Å². The molecule has 8 heteroatoms. The molecule has 0 aliphatic heterocycles. The van der Waals surface area contributed by atoms with Gasteiger partial charge in [-0.25, -0.2) is 10.8 Å². The van der Waals surface area contributed by atoms with Crippen molar-refractivity contribution < 1.29 is 9.59 Å². The topological polar surface area (TPSA) is 109 Å². The summed E-state index contributed by atoms with van der Waals surface area (Å²) in [6.45, 7) is -0.0636. The highest BCUT2D eigenvalue weighted by Gasteiger charge is 2.23. The molecule has 1 aliphatic carbocycles. The third-order valence-electron chi connectivity index (χ3n) is 2.59. The smallest absolute Gasteiger partial charge is 0.255 e. The highest BCUT2D eigenvalue weighted by Crippen LogP contribution is 2.18. The summed E-state index contributed by atoms with van der Waals surface area (Å²) in [6, 6.07) is 1.86. The van der Waals surface area contributed by atoms with E-state index in [4.69, 9.17) is 5.84 Å². The summed E-state index contributed by atoms with van der Waals surface area (Å²) in [6.07, 6.45) is 3.54. The zero-order valence-corrected chi connectivity index (χ0v) is 11.7. The van der Waals surface area contributed by atoms with Crippen LogP contribution in [0.3, 0.4) is 0 Å². The number of aromatic nitrogens is 1. The lowest BCUT2D eigenvalue weighted by Gasteiger charge is -2.09. The maximum absolute atomic E-state index is 11.9. The fourth-order valence-corrected chi connectivity index (χ4v) is 1.82. The monoisotopic (exact) mass is 327 g/mol. The SMILES string of the molecule is NNc1ncc(Br)cc1C(=O)NCC(=O)NC1CC1. The van der Waals surface area contributed by atoms with Gasteiger partial charge in [0.25, 0.3) is 5.91 Å². The van der Waals surface area contributed by atoms with Gasteiger partial charge in [-0.15, -0.1) is 0 Å². The Morgan fingerprint density at radius 1 is 1.47 bits per heavy atom. The minimum Gasteiger partial charge on any atom is -0.352 e. The van der Waals surface area contributed by atoms with Gasteiger partial charge in [-0.1, -0.05) is 0 Å². The molecule has 0 aromatic carbocycles. The third kappa shape index (κ3) is 3.90. The molecular weight excluding hydrogens is 314 g/mol. The van der Waals surface area contributed by atoms with Gasteiger partial charge in [-0.05, 0) is 34.8 Å². The van der Waals surface area contributed by atoms with Crippen molar-refractivity contribution in [2.75, 3.05) is 12.0 Å². The average molecular weight is 328 g/mol. The first-order valence-electron chi connectivity index (χ1n) is 5.80. The summed E-state index contributed by atoms with van der Waals surface area (Å²) < 4.78 is 0.652. The number of nitrogens with zero attached hydrogens (tertiary/aromatic N) is 1. The second-order valence-electron chi connectivity index (χ2n) is 4.22. The van der Waals surface area contributed by atoms with Crippen molar-refractivity contribution in [3.63, 3.8) is 0 Å². The molecule has 0 atom stereocenters. The van der Waals surface area contributed by atoms with E-state index >= 15 is 0 Å². The zero-order valence-electron chi connectivity index (χ0n) is 10.1. The third-order valence-corrected chi connectivity index (χ3v) is 3.02. The Kier molecular flexibility index (Phi) is 4.33. The Bertz CT molecular complexity index is 504. The number of hydrogen-bond donors (Lipinski definition) is 4. The number of pyridine rings is 1. The number of hydrazine groups is 1. The van der Waals surface area contributed by atoms with E-state index in [9.17, 15) is 9.59 Å². The molecule has 2 amide bonds. The standard InChI is InChI=1S/C11H14BrN5O2/c12-6-3-8(10(17-13)14-4-6)11(19)15-5-9(18)16-7-1-2-7/h3-4,7H,1-2,5,13H2,(H,14,17)(H,15,19)(H,16,18). The van der Waals surface area contributed by atoms with E-state index in [0.29, 0.717) is 4.47 Å². The molecule has 0 saturated heterocycles. The Hall–Kier alpha value is -1.67. The lowest BCUT2D eigenvalue weighted by molar-refractivity contribution is -0.120. The van der Waals surface area contributed by atoms with Crippen LogP contribution in [-0.2, 0) is 4.79 Å². The van der Waals surface area contributed by atoms with E-state index in [1.165, 1.54) is 6.20 Å². The first-order chi connectivity index (χ1) is 9.10. The summed E-state index contributed by atoms with van der Waals surface area (Å²) in [5, 5.41) is 5.31. The fourth-order valence-electron chi connectivity index (χ4n) is 1.49. The minimum atomic E-state index is -0.410. The van der Waals surface area contributed by atoms with Crippen LogP contribution in [0.25, 0.3) is 0 Å². The molecule has 5 N–H and O–H groups in total. The molecule has 1 aromatic heterocycles. The van der Waals surface area contributed by atoms with Gasteiger partial charge < -0.3 is 16.1 Å². The summed E-state index contributed by atoms with van der Waals surface area (Å²) in [7, 11) is 0. The van der Waals surface area contributed by atoms with Gasteiger partial charge in [0.15, 0.2) is 5.82 Å². The Labute approximate surface area is 118 Å². The van der Waals surface area contributed by atoms with Gasteiger partial charge >= 0.3 is 0 Å². The van der Waals surface area contributed by atoms with Crippen LogP contribution < -0.4 is 21.9 Å². The molecule has 1 heterocycles. The maximum Gasteiger partial charge on any atom is 0.255 e.